The molecule has 0 aliphatic rings. The van der Waals surface area contributed by atoms with Gasteiger partial charge < -0.3 is 10.2 Å². The minimum atomic E-state index is -0.689. The lowest BCUT2D eigenvalue weighted by Crippen LogP contribution is -2.32. The van der Waals surface area contributed by atoms with Crippen LogP contribution in [0, 0.1) is 0 Å². The summed E-state index contributed by atoms with van der Waals surface area (Å²) in [4.78, 5) is 9.94. The third-order valence-electron chi connectivity index (χ3n) is 2.12. The zero-order valence-corrected chi connectivity index (χ0v) is 12.1. The smallest absolute Gasteiger partial charge is 0.104 e. The maximum absolute atomic E-state index is 9.24. The summed E-state index contributed by atoms with van der Waals surface area (Å²) in [5.74, 6) is 0. The van der Waals surface area contributed by atoms with Crippen LogP contribution in [0.2, 0.25) is 0 Å². The summed E-state index contributed by atoms with van der Waals surface area (Å²) in [6.07, 6.45) is -0.215. The van der Waals surface area contributed by atoms with E-state index >= 15 is 0 Å². The maximum Gasteiger partial charge on any atom is 0.104 e. The Kier molecular flexibility index (Phi) is 7.28. The van der Waals surface area contributed by atoms with Crippen LogP contribution in [0.4, 0.5) is 0 Å². The largest absolute Gasteiger partial charge is 0.393 e. The summed E-state index contributed by atoms with van der Waals surface area (Å²) < 4.78 is 0. The number of hydrogen-bond acceptors (Lipinski definition) is 6. The molecule has 0 saturated heterocycles. The fraction of sp³-hybridized carbons (Fsp3) is 1.00. The minimum Gasteiger partial charge on any atom is -0.393 e. The first kappa shape index (κ1) is 17.8. The molecule has 0 aromatic rings. The molecular weight excluding hydrogens is 240 g/mol. The molecule has 0 amide bonds. The normalized spacial score (nSPS) is 16.7. The van der Waals surface area contributed by atoms with Crippen molar-refractivity contribution in [3.05, 3.63) is 0 Å². The Morgan fingerprint density at radius 2 is 1.06 bits per heavy atom. The first-order chi connectivity index (χ1) is 8.04. The second kappa shape index (κ2) is 7.37. The summed E-state index contributed by atoms with van der Waals surface area (Å²) in [5, 5.41) is 27.5. The average molecular weight is 266 g/mol. The number of aliphatic hydroxyl groups is 2. The van der Waals surface area contributed by atoms with E-state index < -0.39 is 23.4 Å². The van der Waals surface area contributed by atoms with E-state index in [-0.39, 0.29) is 0 Å². The molecule has 110 valence electrons. The third kappa shape index (κ3) is 9.76. The standard InChI is InChI=1S/C12H26O6/c1-9(13)7-11(3,4)15-17-18-16-12(5,6)8-10(2)14/h9-10,13-14H,7-8H2,1-6H3. The van der Waals surface area contributed by atoms with E-state index in [1.54, 1.807) is 41.5 Å². The lowest BCUT2D eigenvalue weighted by atomic mass is 10.0. The van der Waals surface area contributed by atoms with Gasteiger partial charge in [0, 0.05) is 12.8 Å². The molecule has 2 atom stereocenters. The van der Waals surface area contributed by atoms with Gasteiger partial charge in [-0.3, -0.25) is 0 Å². The van der Waals surface area contributed by atoms with Crippen molar-refractivity contribution in [1.29, 1.82) is 0 Å². The quantitative estimate of drug-likeness (QED) is 0.377. The molecule has 18 heavy (non-hydrogen) atoms. The molecule has 0 aromatic carbocycles. The van der Waals surface area contributed by atoms with Gasteiger partial charge in [-0.2, -0.15) is 9.78 Å². The molecule has 0 aliphatic carbocycles. The fourth-order valence-electron chi connectivity index (χ4n) is 1.70. The molecule has 0 heterocycles. The fourth-order valence-corrected chi connectivity index (χ4v) is 1.70. The predicted octanol–water partition coefficient (Wildman–Crippen LogP) is 1.90. The molecule has 2 unspecified atom stereocenters. The van der Waals surface area contributed by atoms with Gasteiger partial charge in [0.15, 0.2) is 0 Å². The summed E-state index contributed by atoms with van der Waals surface area (Å²) in [5.41, 5.74) is -1.38. The van der Waals surface area contributed by atoms with E-state index in [1.165, 1.54) is 0 Å². The molecular formula is C12H26O6. The van der Waals surface area contributed by atoms with E-state index in [4.69, 9.17) is 9.78 Å². The lowest BCUT2D eigenvalue weighted by molar-refractivity contribution is -0.664. The Hall–Kier alpha value is -0.240. The van der Waals surface area contributed by atoms with Gasteiger partial charge in [0.1, 0.15) is 11.2 Å². The van der Waals surface area contributed by atoms with Crippen molar-refractivity contribution in [1.82, 2.24) is 0 Å². The van der Waals surface area contributed by atoms with Gasteiger partial charge >= 0.3 is 0 Å². The van der Waals surface area contributed by atoms with Crippen molar-refractivity contribution in [3.63, 3.8) is 0 Å². The highest BCUT2D eigenvalue weighted by molar-refractivity contribution is 4.70. The van der Waals surface area contributed by atoms with Crippen molar-refractivity contribution in [2.75, 3.05) is 0 Å². The molecule has 2 N–H and O–H groups in total. The summed E-state index contributed by atoms with van der Waals surface area (Å²) in [7, 11) is 0. The van der Waals surface area contributed by atoms with E-state index in [2.05, 4.69) is 10.1 Å². The van der Waals surface area contributed by atoms with Crippen LogP contribution in [-0.2, 0) is 19.9 Å². The molecule has 0 rings (SSSR count). The molecule has 0 fully saturated rings. The molecule has 6 heteroatoms. The van der Waals surface area contributed by atoms with Crippen molar-refractivity contribution in [2.45, 2.75) is 77.8 Å². The first-order valence-electron chi connectivity index (χ1n) is 6.10. The molecule has 0 spiro atoms. The maximum atomic E-state index is 9.24. The van der Waals surface area contributed by atoms with Crippen LogP contribution < -0.4 is 0 Å². The zero-order chi connectivity index (χ0) is 14.4. The molecule has 0 bridgehead atoms. The lowest BCUT2D eigenvalue weighted by Gasteiger charge is -2.26. The molecule has 6 nitrogen and oxygen atoms in total. The number of aliphatic hydroxyl groups excluding tert-OH is 2. The Morgan fingerprint density at radius 1 is 0.778 bits per heavy atom. The Labute approximate surface area is 109 Å². The van der Waals surface area contributed by atoms with Crippen LogP contribution in [0.1, 0.15) is 54.4 Å². The molecule has 0 radical (unpaired) electrons. The summed E-state index contributed by atoms with van der Waals surface area (Å²) in [6, 6.07) is 0. The van der Waals surface area contributed by atoms with Gasteiger partial charge in [-0.1, -0.05) is 0 Å². The molecule has 0 saturated carbocycles. The minimum absolute atomic E-state index is 0.396. The van der Waals surface area contributed by atoms with Gasteiger partial charge in [-0.25, -0.2) is 0 Å². The number of rotatable bonds is 9. The van der Waals surface area contributed by atoms with Gasteiger partial charge in [-0.05, 0) is 51.6 Å². The molecule has 0 aromatic heterocycles. The summed E-state index contributed by atoms with van der Waals surface area (Å²) in [6.45, 7) is 10.3. The van der Waals surface area contributed by atoms with Gasteiger partial charge in [-0.15, -0.1) is 0 Å². The van der Waals surface area contributed by atoms with Crippen LogP contribution in [0.5, 0.6) is 0 Å². The van der Waals surface area contributed by atoms with Crippen molar-refractivity contribution >= 4 is 0 Å². The highest BCUT2D eigenvalue weighted by Gasteiger charge is 2.26. The van der Waals surface area contributed by atoms with E-state index in [0.717, 1.165) is 0 Å². The highest BCUT2D eigenvalue weighted by atomic mass is 17.7. The Bertz CT molecular complexity index is 201. The predicted molar refractivity (Wildman–Crippen MR) is 65.1 cm³/mol. The monoisotopic (exact) mass is 266 g/mol. The Balaban J connectivity index is 3.85. The van der Waals surface area contributed by atoms with Crippen molar-refractivity contribution < 1.29 is 30.1 Å². The molecule has 0 aliphatic heterocycles. The van der Waals surface area contributed by atoms with Gasteiger partial charge in [0.05, 0.1) is 12.2 Å². The van der Waals surface area contributed by atoms with Crippen molar-refractivity contribution in [2.24, 2.45) is 0 Å². The average Bonchev–Trinajstić information content (AvgIpc) is 2.08. The van der Waals surface area contributed by atoms with Crippen LogP contribution in [0.3, 0.4) is 0 Å². The first-order valence-corrected chi connectivity index (χ1v) is 6.10. The third-order valence-corrected chi connectivity index (χ3v) is 2.12. The van der Waals surface area contributed by atoms with E-state index in [0.29, 0.717) is 12.8 Å². The second-order valence-corrected chi connectivity index (χ2v) is 5.93. The van der Waals surface area contributed by atoms with Crippen LogP contribution in [-0.4, -0.2) is 33.6 Å². The van der Waals surface area contributed by atoms with Crippen LogP contribution >= 0.6 is 0 Å². The highest BCUT2D eigenvalue weighted by Crippen LogP contribution is 2.20. The van der Waals surface area contributed by atoms with E-state index in [1.807, 2.05) is 0 Å². The van der Waals surface area contributed by atoms with Crippen LogP contribution in [0.15, 0.2) is 0 Å². The van der Waals surface area contributed by atoms with Gasteiger partial charge in [0.2, 0.25) is 0 Å². The summed E-state index contributed by atoms with van der Waals surface area (Å²) >= 11 is 0. The van der Waals surface area contributed by atoms with E-state index in [9.17, 15) is 10.2 Å². The Morgan fingerprint density at radius 3 is 1.28 bits per heavy atom. The second-order valence-electron chi connectivity index (χ2n) is 5.93. The number of hydrogen-bond donors (Lipinski definition) is 2. The SMILES string of the molecule is CC(O)CC(C)(C)OOOOC(C)(C)CC(C)O. The van der Waals surface area contributed by atoms with Crippen LogP contribution in [0.25, 0.3) is 0 Å². The zero-order valence-electron chi connectivity index (χ0n) is 12.1. The topological polar surface area (TPSA) is 77.4 Å². The van der Waals surface area contributed by atoms with Gasteiger partial charge in [0.25, 0.3) is 0 Å². The van der Waals surface area contributed by atoms with Crippen molar-refractivity contribution in [3.8, 4) is 0 Å².